The number of carboxylic acid groups (broad SMARTS) is 1. The van der Waals surface area contributed by atoms with Crippen LogP contribution < -0.4 is 0 Å². The van der Waals surface area contributed by atoms with Crippen LogP contribution in [0.5, 0.6) is 0 Å². The molecule has 1 saturated carbocycles. The van der Waals surface area contributed by atoms with Gasteiger partial charge in [-0.05, 0) is 24.4 Å². The molecule has 3 rings (SSSR count). The number of aromatic nitrogens is 1. The normalized spacial score (nSPS) is 22.3. The van der Waals surface area contributed by atoms with E-state index < -0.39 is 5.97 Å². The van der Waals surface area contributed by atoms with Crippen molar-refractivity contribution in [2.24, 2.45) is 5.41 Å². The molecular formula is C18H22N2O3. The maximum absolute atomic E-state index is 10.9. The number of nitrogens with zero attached hydrogens (tertiary/aromatic N) is 2. The molecule has 1 heterocycles. The molecule has 5 heteroatoms. The van der Waals surface area contributed by atoms with Crippen molar-refractivity contribution in [1.82, 2.24) is 9.88 Å². The Bertz CT molecular complexity index is 708. The molecule has 0 spiro atoms. The van der Waals surface area contributed by atoms with E-state index in [0.717, 1.165) is 13.0 Å². The lowest BCUT2D eigenvalue weighted by molar-refractivity contribution is 0.0690. The molecule has 0 aliphatic heterocycles. The smallest absolute Gasteiger partial charge is 0.357 e. The maximum Gasteiger partial charge on any atom is 0.357 e. The summed E-state index contributed by atoms with van der Waals surface area (Å²) in [5.74, 6) is -0.627. The highest BCUT2D eigenvalue weighted by molar-refractivity contribution is 5.84. The maximum atomic E-state index is 10.9. The van der Waals surface area contributed by atoms with Crippen molar-refractivity contribution in [3.05, 3.63) is 53.7 Å². The number of carbonyl (C=O) groups is 1. The lowest BCUT2D eigenvalue weighted by Gasteiger charge is -2.27. The second kappa shape index (κ2) is 5.49. The van der Waals surface area contributed by atoms with E-state index in [9.17, 15) is 4.79 Å². The average molecular weight is 314 g/mol. The lowest BCUT2D eigenvalue weighted by Crippen LogP contribution is -2.32. The van der Waals surface area contributed by atoms with Crippen LogP contribution in [0.2, 0.25) is 0 Å². The monoisotopic (exact) mass is 314 g/mol. The zero-order valence-corrected chi connectivity index (χ0v) is 13.7. The molecule has 1 aliphatic rings. The van der Waals surface area contributed by atoms with Crippen molar-refractivity contribution >= 4 is 5.97 Å². The fourth-order valence-electron chi connectivity index (χ4n) is 3.55. The molecule has 0 amide bonds. The van der Waals surface area contributed by atoms with Crippen LogP contribution in [0.15, 0.2) is 41.0 Å². The fourth-order valence-corrected chi connectivity index (χ4v) is 3.55. The zero-order chi connectivity index (χ0) is 16.7. The molecular weight excluding hydrogens is 292 g/mol. The van der Waals surface area contributed by atoms with Crippen molar-refractivity contribution in [2.75, 3.05) is 13.6 Å². The molecule has 0 saturated heterocycles. The van der Waals surface area contributed by atoms with Gasteiger partial charge in [-0.25, -0.2) is 9.78 Å². The van der Waals surface area contributed by atoms with E-state index in [1.54, 1.807) is 0 Å². The molecule has 0 bridgehead atoms. The highest BCUT2D eigenvalue weighted by atomic mass is 16.4. The van der Waals surface area contributed by atoms with Gasteiger partial charge in [0.05, 0.1) is 6.54 Å². The van der Waals surface area contributed by atoms with Crippen LogP contribution in [0, 0.1) is 5.41 Å². The summed E-state index contributed by atoms with van der Waals surface area (Å²) in [6, 6.07) is 10.6. The Morgan fingerprint density at radius 1 is 1.35 bits per heavy atom. The van der Waals surface area contributed by atoms with Crippen molar-refractivity contribution < 1.29 is 14.3 Å². The fraction of sp³-hybridized carbons (Fsp3) is 0.444. The van der Waals surface area contributed by atoms with Crippen molar-refractivity contribution in [3.8, 4) is 0 Å². The van der Waals surface area contributed by atoms with Gasteiger partial charge in [0.25, 0.3) is 0 Å². The number of hydrogen-bond donors (Lipinski definition) is 1. The van der Waals surface area contributed by atoms with Crippen LogP contribution in [0.25, 0.3) is 0 Å². The van der Waals surface area contributed by atoms with Gasteiger partial charge in [0, 0.05) is 12.0 Å². The van der Waals surface area contributed by atoms with Gasteiger partial charge in [-0.15, -0.1) is 0 Å². The largest absolute Gasteiger partial charge is 0.476 e. The zero-order valence-electron chi connectivity index (χ0n) is 13.7. The Morgan fingerprint density at radius 2 is 2.00 bits per heavy atom. The number of carboxylic acids is 1. The van der Waals surface area contributed by atoms with Gasteiger partial charge in [0.2, 0.25) is 5.89 Å². The minimum atomic E-state index is -1.06. The average Bonchev–Trinajstić information content (AvgIpc) is 2.85. The number of benzene rings is 1. The third kappa shape index (κ3) is 2.88. The molecule has 1 N–H and O–H groups in total. The Morgan fingerprint density at radius 3 is 2.52 bits per heavy atom. The van der Waals surface area contributed by atoms with Gasteiger partial charge >= 0.3 is 5.97 Å². The van der Waals surface area contributed by atoms with Crippen LogP contribution >= 0.6 is 0 Å². The predicted molar refractivity (Wildman–Crippen MR) is 86.3 cm³/mol. The minimum Gasteiger partial charge on any atom is -0.476 e. The Labute approximate surface area is 135 Å². The minimum absolute atomic E-state index is 0.0436. The lowest BCUT2D eigenvalue weighted by atomic mass is 9.87. The molecule has 122 valence electrons. The standard InChI is InChI=1S/C18H22N2O3/c1-17(2)11-18(17,13-7-5-4-6-8-13)12-20(3)9-15-19-14(10-23-15)16(21)22/h4-8,10H,9,11-12H2,1-3H3,(H,21,22). The van der Waals surface area contributed by atoms with Crippen LogP contribution in [-0.4, -0.2) is 34.6 Å². The third-order valence-corrected chi connectivity index (χ3v) is 4.96. The summed E-state index contributed by atoms with van der Waals surface area (Å²) in [5, 5.41) is 8.91. The first-order chi connectivity index (χ1) is 10.8. The third-order valence-electron chi connectivity index (χ3n) is 4.96. The molecule has 1 unspecified atom stereocenters. The van der Waals surface area contributed by atoms with Crippen LogP contribution in [-0.2, 0) is 12.0 Å². The first kappa shape index (κ1) is 15.7. The number of hydrogen-bond acceptors (Lipinski definition) is 4. The van der Waals surface area contributed by atoms with Crippen molar-refractivity contribution in [2.45, 2.75) is 32.2 Å². The molecule has 5 nitrogen and oxygen atoms in total. The van der Waals surface area contributed by atoms with E-state index in [4.69, 9.17) is 9.52 Å². The predicted octanol–water partition coefficient (Wildman–Crippen LogP) is 3.17. The Kier molecular flexibility index (Phi) is 3.76. The molecule has 1 aromatic heterocycles. The van der Waals surface area contributed by atoms with Gasteiger partial charge < -0.3 is 9.52 Å². The van der Waals surface area contributed by atoms with Gasteiger partial charge in [-0.1, -0.05) is 44.2 Å². The summed E-state index contributed by atoms with van der Waals surface area (Å²) in [6.45, 7) is 5.97. The summed E-state index contributed by atoms with van der Waals surface area (Å²) in [6.07, 6.45) is 2.33. The van der Waals surface area contributed by atoms with Gasteiger partial charge in [-0.2, -0.15) is 0 Å². The van der Waals surface area contributed by atoms with Crippen LogP contribution in [0.3, 0.4) is 0 Å². The number of aromatic carboxylic acids is 1. The highest BCUT2D eigenvalue weighted by Crippen LogP contribution is 2.64. The highest BCUT2D eigenvalue weighted by Gasteiger charge is 2.61. The molecule has 1 atom stereocenters. The summed E-state index contributed by atoms with van der Waals surface area (Å²) in [4.78, 5) is 17.0. The van der Waals surface area contributed by atoms with E-state index in [2.05, 4.69) is 48.0 Å². The SMILES string of the molecule is CN(Cc1nc(C(=O)O)co1)CC1(c2ccccc2)CC1(C)C. The van der Waals surface area contributed by atoms with Crippen molar-refractivity contribution in [3.63, 3.8) is 0 Å². The van der Waals surface area contributed by atoms with Crippen LogP contribution in [0.4, 0.5) is 0 Å². The second-order valence-electron chi connectivity index (χ2n) is 7.11. The van der Waals surface area contributed by atoms with E-state index in [1.165, 1.54) is 11.8 Å². The molecule has 1 aliphatic carbocycles. The first-order valence-electron chi connectivity index (χ1n) is 7.76. The number of likely N-dealkylation sites (N-methyl/N-ethyl adjacent to an activating group) is 1. The molecule has 1 fully saturated rings. The Balaban J connectivity index is 1.73. The molecule has 0 radical (unpaired) electrons. The van der Waals surface area contributed by atoms with Gasteiger partial charge in [0.1, 0.15) is 6.26 Å². The quantitative estimate of drug-likeness (QED) is 0.887. The van der Waals surface area contributed by atoms with E-state index in [-0.39, 0.29) is 16.5 Å². The number of rotatable bonds is 6. The molecule has 23 heavy (non-hydrogen) atoms. The summed E-state index contributed by atoms with van der Waals surface area (Å²) in [7, 11) is 2.02. The van der Waals surface area contributed by atoms with Gasteiger partial charge in [0.15, 0.2) is 5.69 Å². The first-order valence-corrected chi connectivity index (χ1v) is 7.76. The summed E-state index contributed by atoms with van der Waals surface area (Å²) in [5.41, 5.74) is 1.70. The van der Waals surface area contributed by atoms with E-state index >= 15 is 0 Å². The summed E-state index contributed by atoms with van der Waals surface area (Å²) < 4.78 is 5.26. The molecule has 2 aromatic rings. The second-order valence-corrected chi connectivity index (χ2v) is 7.11. The summed E-state index contributed by atoms with van der Waals surface area (Å²) >= 11 is 0. The van der Waals surface area contributed by atoms with Crippen LogP contribution in [0.1, 0.15) is 42.2 Å². The topological polar surface area (TPSA) is 66.6 Å². The van der Waals surface area contributed by atoms with E-state index in [0.29, 0.717) is 12.4 Å². The van der Waals surface area contributed by atoms with Gasteiger partial charge in [-0.3, -0.25) is 4.90 Å². The van der Waals surface area contributed by atoms with Crippen molar-refractivity contribution in [1.29, 1.82) is 0 Å². The molecule has 1 aromatic carbocycles. The Hall–Kier alpha value is -2.14. The van der Waals surface area contributed by atoms with E-state index in [1.807, 2.05) is 13.1 Å². The number of oxazole rings is 1.